The molecule has 0 N–H and O–H groups in total. The minimum Gasteiger partial charge on any atom is -0.309 e. The summed E-state index contributed by atoms with van der Waals surface area (Å²) in [6.45, 7) is 0. The lowest BCUT2D eigenvalue weighted by atomic mass is 9.84. The first-order chi connectivity index (χ1) is 37.1. The highest BCUT2D eigenvalue weighted by molar-refractivity contribution is 6.17. The van der Waals surface area contributed by atoms with E-state index in [2.05, 4.69) is 0 Å². The third-order valence-corrected chi connectivity index (χ3v) is 11.3. The minimum atomic E-state index is -0.822. The van der Waals surface area contributed by atoms with Crippen LogP contribution in [-0.4, -0.2) is 13.7 Å². The van der Waals surface area contributed by atoms with Crippen molar-refractivity contribution in [1.29, 1.82) is 0 Å². The molecule has 0 spiro atoms. The van der Waals surface area contributed by atoms with Gasteiger partial charge in [-0.2, -0.15) is 0 Å². The van der Waals surface area contributed by atoms with Crippen molar-refractivity contribution in [2.45, 2.75) is 38.0 Å². The molecule has 1 saturated carbocycles. The highest BCUT2D eigenvalue weighted by Crippen LogP contribution is 2.43. The first kappa shape index (κ1) is 18.0. The van der Waals surface area contributed by atoms with Crippen LogP contribution in [0.1, 0.15) is 72.4 Å². The number of hydrogen-bond donors (Lipinski definition) is 0. The molecule has 3 heterocycles. The maximum Gasteiger partial charge on any atom is 0.0782 e. The van der Waals surface area contributed by atoms with Crippen LogP contribution < -0.4 is 0 Å². The van der Waals surface area contributed by atoms with Gasteiger partial charge in [-0.3, -0.25) is 0 Å². The fourth-order valence-corrected chi connectivity index (χ4v) is 8.76. The predicted octanol–water partition coefficient (Wildman–Crippen LogP) is 14.7. The van der Waals surface area contributed by atoms with Crippen molar-refractivity contribution >= 4 is 65.4 Å². The van der Waals surface area contributed by atoms with Gasteiger partial charge in [0.25, 0.3) is 0 Å². The molecule has 0 bridgehead atoms. The zero-order valence-electron chi connectivity index (χ0n) is 51.2. The zero-order valence-corrected chi connectivity index (χ0v) is 30.2. The van der Waals surface area contributed by atoms with Crippen LogP contribution in [0.4, 0.5) is 0 Å². The highest BCUT2D eigenvalue weighted by Gasteiger charge is 2.22. The molecule has 3 aromatic heterocycles. The van der Waals surface area contributed by atoms with Crippen molar-refractivity contribution in [2.24, 2.45) is 0 Å². The first-order valence-corrected chi connectivity index (χ1v) is 18.8. The van der Waals surface area contributed by atoms with Crippen LogP contribution in [0.25, 0.3) is 93.6 Å². The van der Waals surface area contributed by atoms with Gasteiger partial charge in [0.1, 0.15) is 0 Å². The molecule has 0 aliphatic heterocycles. The van der Waals surface area contributed by atoms with E-state index in [-0.39, 0.29) is 55.2 Å². The van der Waals surface area contributed by atoms with Crippen molar-refractivity contribution < 1.29 is 28.8 Å². The predicted molar refractivity (Wildman–Crippen MR) is 241 cm³/mol. The number of benzene rings is 8. The fraction of sp³-hybridized carbons (Fsp3) is 0.111. The molecule has 0 atom stereocenters. The topological polar surface area (TPSA) is 14.8 Å². The highest BCUT2D eigenvalue weighted by atomic mass is 15.1. The zero-order chi connectivity index (χ0) is 55.7. The maximum atomic E-state index is 10.3. The van der Waals surface area contributed by atoms with E-state index in [0.717, 1.165) is 42.2 Å². The Morgan fingerprint density at radius 1 is 0.421 bits per heavy atom. The molecule has 57 heavy (non-hydrogen) atoms. The molecule has 3 heteroatoms. The van der Waals surface area contributed by atoms with Crippen LogP contribution in [0.15, 0.2) is 181 Å². The molecule has 1 aliphatic carbocycles. The van der Waals surface area contributed by atoms with Gasteiger partial charge in [0, 0.05) is 49.3 Å². The Kier molecular flexibility index (Phi) is 4.05. The standard InChI is InChI=1S/C54H41N3/c1-3-15-36(16-4-1)37-29-32-40(33-30-37)55-48-25-10-7-19-42(48)45-23-13-22-41(53(45)55)38-31-34-51-47(35-38)44-21-9-12-27-50(44)57(51)52-28-14-24-46-43-20-8-11-26-49(43)56(54(46)52)39-17-5-2-6-18-39/h2,5-14,17-36H,1,3-4,15-16H2/i7D,8D,9D,10D,11D,12D,13D,14D,19D,20D,21D,22D,23D,24D,25D,26D,27D,28D,31D,34D,35D. The van der Waals surface area contributed by atoms with Gasteiger partial charge in [-0.15, -0.1) is 0 Å². The minimum absolute atomic E-state index is 0.135. The average molecular weight is 753 g/mol. The first-order valence-electron chi connectivity index (χ1n) is 29.3. The van der Waals surface area contributed by atoms with E-state index in [1.54, 1.807) is 42.5 Å². The van der Waals surface area contributed by atoms with Gasteiger partial charge < -0.3 is 13.7 Å². The summed E-state index contributed by atoms with van der Waals surface area (Å²) in [7, 11) is 0. The Morgan fingerprint density at radius 3 is 1.67 bits per heavy atom. The van der Waals surface area contributed by atoms with Gasteiger partial charge in [-0.05, 0) is 90.4 Å². The van der Waals surface area contributed by atoms with E-state index >= 15 is 0 Å². The van der Waals surface area contributed by atoms with E-state index in [9.17, 15) is 19.2 Å². The largest absolute Gasteiger partial charge is 0.309 e. The van der Waals surface area contributed by atoms with Gasteiger partial charge in [0.05, 0.1) is 67.6 Å². The number of nitrogens with zero attached hydrogens (tertiary/aromatic N) is 3. The van der Waals surface area contributed by atoms with E-state index in [0.29, 0.717) is 5.69 Å². The quantitative estimate of drug-likeness (QED) is 0.166. The number of fused-ring (bicyclic) bond motifs is 9. The Hall–Kier alpha value is -6.84. The smallest absolute Gasteiger partial charge is 0.0782 e. The number of hydrogen-bond acceptors (Lipinski definition) is 0. The summed E-state index contributed by atoms with van der Waals surface area (Å²) >= 11 is 0. The lowest BCUT2D eigenvalue weighted by Gasteiger charge is -2.22. The van der Waals surface area contributed by atoms with Gasteiger partial charge >= 0.3 is 0 Å². The van der Waals surface area contributed by atoms with Crippen LogP contribution in [0, 0.1) is 0 Å². The van der Waals surface area contributed by atoms with E-state index in [4.69, 9.17) is 9.60 Å². The molecule has 0 amide bonds. The van der Waals surface area contributed by atoms with Crippen molar-refractivity contribution in [1.82, 2.24) is 13.7 Å². The van der Waals surface area contributed by atoms with Crippen molar-refractivity contribution in [3.05, 3.63) is 187 Å². The van der Waals surface area contributed by atoms with Gasteiger partial charge in [-0.1, -0.05) is 140 Å². The fourth-order valence-electron chi connectivity index (χ4n) is 8.76. The molecular formula is C54H41N3. The monoisotopic (exact) mass is 752 g/mol. The molecule has 1 aliphatic rings. The van der Waals surface area contributed by atoms with Crippen LogP contribution in [0.2, 0.25) is 0 Å². The molecule has 0 saturated heterocycles. The summed E-state index contributed by atoms with van der Waals surface area (Å²) in [5, 5.41) is -1.71. The molecule has 8 aromatic carbocycles. The van der Waals surface area contributed by atoms with Gasteiger partial charge in [-0.25, -0.2) is 0 Å². The van der Waals surface area contributed by atoms with Gasteiger partial charge in [0.15, 0.2) is 0 Å². The molecule has 11 aromatic rings. The van der Waals surface area contributed by atoms with Gasteiger partial charge in [0.2, 0.25) is 0 Å². The second kappa shape index (κ2) is 12.9. The summed E-state index contributed by atoms with van der Waals surface area (Å²) in [6, 6.07) is 0.882. The van der Waals surface area contributed by atoms with E-state index < -0.39 is 166 Å². The van der Waals surface area contributed by atoms with E-state index in [1.165, 1.54) is 9.13 Å². The lowest BCUT2D eigenvalue weighted by molar-refractivity contribution is 0.443. The summed E-state index contributed by atoms with van der Waals surface area (Å²) < 4.78 is 200. The molecule has 0 unspecified atom stereocenters. The average Bonchev–Trinajstić information content (AvgIpc) is 4.30. The molecule has 0 radical (unpaired) electrons. The van der Waals surface area contributed by atoms with Crippen molar-refractivity contribution in [2.75, 3.05) is 0 Å². The molecule has 272 valence electrons. The Morgan fingerprint density at radius 2 is 0.965 bits per heavy atom. The van der Waals surface area contributed by atoms with Crippen LogP contribution >= 0.6 is 0 Å². The summed E-state index contributed by atoms with van der Waals surface area (Å²) in [4.78, 5) is 0. The van der Waals surface area contributed by atoms with Crippen LogP contribution in [-0.2, 0) is 0 Å². The third-order valence-electron chi connectivity index (χ3n) is 11.3. The summed E-state index contributed by atoms with van der Waals surface area (Å²) in [5.74, 6) is 0.256. The van der Waals surface area contributed by atoms with Crippen LogP contribution in [0.5, 0.6) is 0 Å². The Balaban J connectivity index is 1.31. The number of para-hydroxylation sites is 6. The van der Waals surface area contributed by atoms with E-state index in [1.807, 2.05) is 12.1 Å². The third kappa shape index (κ3) is 4.91. The second-order valence-corrected chi connectivity index (χ2v) is 14.3. The SMILES string of the molecule is [2H]c1c([2H])c([2H])c2c(c1[2H])c1c([2H])c([2H])c([2H])c(-c3c([2H])c([2H])c4c(c3[2H])c3c([2H])c([2H])c([2H])c([2H])c3n4-c3c([2H])c([2H])c([2H])c4c5c([2H])c([2H])c([2H])c([2H])c5n(-c5ccccc5)c34)c1n2-c1ccc(C2CCCCC2)cc1. The summed E-state index contributed by atoms with van der Waals surface area (Å²) in [6.07, 6.45) is 5.14. The lowest BCUT2D eigenvalue weighted by Crippen LogP contribution is -2.04. The summed E-state index contributed by atoms with van der Waals surface area (Å²) in [5.41, 5.74) is -1.43. The maximum absolute atomic E-state index is 10.3. The Bertz CT molecular complexity index is 4530. The number of aromatic nitrogens is 3. The number of rotatable bonds is 5. The van der Waals surface area contributed by atoms with Crippen LogP contribution in [0.3, 0.4) is 0 Å². The van der Waals surface area contributed by atoms with Crippen molar-refractivity contribution in [3.8, 4) is 28.2 Å². The molecule has 1 fully saturated rings. The normalized spacial score (nSPS) is 19.1. The Labute approximate surface area is 361 Å². The molecule has 12 rings (SSSR count). The van der Waals surface area contributed by atoms with Crippen molar-refractivity contribution in [3.63, 3.8) is 0 Å². The second-order valence-electron chi connectivity index (χ2n) is 14.3. The molecule has 3 nitrogen and oxygen atoms in total. The molecular weight excluding hydrogens is 691 g/mol.